The van der Waals surface area contributed by atoms with E-state index in [1.54, 1.807) is 0 Å². The molecule has 0 aromatic carbocycles. The Morgan fingerprint density at radius 3 is 1.84 bits per heavy atom. The third kappa shape index (κ3) is 14.2. The van der Waals surface area contributed by atoms with Gasteiger partial charge < -0.3 is 9.66 Å². The first-order chi connectivity index (χ1) is 8.52. The van der Waals surface area contributed by atoms with Crippen molar-refractivity contribution in [1.29, 1.82) is 0 Å². The van der Waals surface area contributed by atoms with Gasteiger partial charge in [-0.05, 0) is 12.8 Å². The summed E-state index contributed by atoms with van der Waals surface area (Å²) in [5.74, 6) is 0. The van der Waals surface area contributed by atoms with Crippen LogP contribution in [0.4, 0.5) is 0 Å². The topological polar surface area (TPSA) is 77.4 Å². The summed E-state index contributed by atoms with van der Waals surface area (Å²) in [6.07, 6.45) is 9.54. The van der Waals surface area contributed by atoms with E-state index in [9.17, 15) is 13.0 Å². The van der Waals surface area contributed by atoms with Gasteiger partial charge in [0.25, 0.3) is 0 Å². The normalized spacial score (nSPS) is 13.0. The van der Waals surface area contributed by atoms with Crippen LogP contribution in [0.2, 0.25) is 0 Å². The van der Waals surface area contributed by atoms with Crippen LogP contribution in [-0.4, -0.2) is 29.9 Å². The molecule has 0 aromatic rings. The van der Waals surface area contributed by atoms with Crippen molar-refractivity contribution in [2.45, 2.75) is 76.4 Å². The molecule has 0 fully saturated rings. The van der Waals surface area contributed by atoms with Crippen molar-refractivity contribution in [2.24, 2.45) is 0 Å². The maximum Gasteiger partial charge on any atom is 1.00 e. The Kier molecular flexibility index (Phi) is 17.3. The summed E-state index contributed by atoms with van der Waals surface area (Å²) in [7, 11) is -4.24. The zero-order valence-electron chi connectivity index (χ0n) is 12.4. The van der Waals surface area contributed by atoms with Crippen LogP contribution in [0, 0.1) is 0 Å². The van der Waals surface area contributed by atoms with Crippen molar-refractivity contribution < 1.29 is 69.5 Å². The first-order valence-electron chi connectivity index (χ1n) is 7.08. The van der Waals surface area contributed by atoms with E-state index in [1.807, 2.05) is 0 Å². The van der Waals surface area contributed by atoms with E-state index >= 15 is 0 Å². The quantitative estimate of drug-likeness (QED) is 0.308. The van der Waals surface area contributed by atoms with Crippen molar-refractivity contribution >= 4 is 10.1 Å². The van der Waals surface area contributed by atoms with Crippen molar-refractivity contribution in [2.75, 3.05) is 6.61 Å². The molecule has 0 radical (unpaired) electrons. The summed E-state index contributed by atoms with van der Waals surface area (Å²) in [5, 5.41) is 7.82. The van der Waals surface area contributed by atoms with Gasteiger partial charge in [-0.3, -0.25) is 0 Å². The monoisotopic (exact) mass is 318 g/mol. The number of hydrogen-bond donors (Lipinski definition) is 1. The number of unbranched alkanes of at least 4 members (excludes halogenated alkanes) is 7. The van der Waals surface area contributed by atoms with Crippen LogP contribution in [0.1, 0.15) is 71.1 Å². The Labute approximate surface area is 160 Å². The van der Waals surface area contributed by atoms with Gasteiger partial charge in [-0.1, -0.05) is 58.3 Å². The second-order valence-electron chi connectivity index (χ2n) is 4.89. The third-order valence-electron chi connectivity index (χ3n) is 3.24. The summed E-state index contributed by atoms with van der Waals surface area (Å²) in [6, 6.07) is 0. The van der Waals surface area contributed by atoms with E-state index in [2.05, 4.69) is 6.92 Å². The largest absolute Gasteiger partial charge is 1.00 e. The number of aliphatic hydroxyl groups excluding tert-OH is 1. The second-order valence-corrected chi connectivity index (χ2v) is 6.54. The van der Waals surface area contributed by atoms with Crippen LogP contribution >= 0.6 is 0 Å². The molecule has 0 spiro atoms. The Morgan fingerprint density at radius 1 is 0.947 bits per heavy atom. The van der Waals surface area contributed by atoms with Gasteiger partial charge in [0.05, 0.1) is 15.4 Å². The van der Waals surface area contributed by atoms with E-state index in [1.165, 1.54) is 32.1 Å². The molecule has 0 aliphatic heterocycles. The van der Waals surface area contributed by atoms with Crippen LogP contribution in [0.15, 0.2) is 0 Å². The first kappa shape index (κ1) is 22.8. The molecule has 19 heavy (non-hydrogen) atoms. The smallest absolute Gasteiger partial charge is 0.748 e. The second kappa shape index (κ2) is 14.4. The Morgan fingerprint density at radius 2 is 1.42 bits per heavy atom. The van der Waals surface area contributed by atoms with Gasteiger partial charge in [-0.15, -0.1) is 0 Å². The van der Waals surface area contributed by atoms with Gasteiger partial charge in [-0.25, -0.2) is 8.42 Å². The van der Waals surface area contributed by atoms with Crippen molar-refractivity contribution in [3.8, 4) is 0 Å². The first-order valence-corrected chi connectivity index (χ1v) is 8.55. The molecule has 0 bridgehead atoms. The zero-order chi connectivity index (χ0) is 13.9. The molecule has 0 rings (SSSR count). The molecule has 1 N–H and O–H groups in total. The van der Waals surface area contributed by atoms with Crippen molar-refractivity contribution in [1.82, 2.24) is 0 Å². The van der Waals surface area contributed by atoms with Crippen LogP contribution in [0.25, 0.3) is 0 Å². The molecule has 0 aliphatic carbocycles. The summed E-state index contributed by atoms with van der Waals surface area (Å²) in [4.78, 5) is 0. The van der Waals surface area contributed by atoms with Gasteiger partial charge in [0.1, 0.15) is 0 Å². The van der Waals surface area contributed by atoms with Gasteiger partial charge in [0.15, 0.2) is 0 Å². The van der Waals surface area contributed by atoms with Crippen LogP contribution in [0.3, 0.4) is 0 Å². The van der Waals surface area contributed by atoms with Crippen LogP contribution in [-0.2, 0) is 10.1 Å². The Bertz CT molecular complexity index is 280. The fourth-order valence-electron chi connectivity index (χ4n) is 2.08. The van der Waals surface area contributed by atoms with E-state index in [0.717, 1.165) is 19.3 Å². The molecule has 0 amide bonds. The molecule has 0 saturated heterocycles. The molecule has 1 atom stereocenters. The summed E-state index contributed by atoms with van der Waals surface area (Å²) < 4.78 is 32.7. The fourth-order valence-corrected chi connectivity index (χ4v) is 2.93. The Balaban J connectivity index is 0. The van der Waals surface area contributed by atoms with Gasteiger partial charge in [0, 0.05) is 6.61 Å². The standard InChI is InChI=1S/C13H28O4S.K/c1-2-3-4-5-6-7-8-9-10-13(11-12-14)18(15,16)17;/h13-14H,2-12H2,1H3,(H,15,16,17);/q;+1/p-1. The molecule has 0 saturated carbocycles. The van der Waals surface area contributed by atoms with E-state index in [0.29, 0.717) is 6.42 Å². The molecule has 1 unspecified atom stereocenters. The number of aliphatic hydroxyl groups is 1. The van der Waals surface area contributed by atoms with Crippen LogP contribution < -0.4 is 51.4 Å². The molecule has 0 aromatic heterocycles. The average Bonchev–Trinajstić information content (AvgIpc) is 2.30. The third-order valence-corrected chi connectivity index (χ3v) is 4.53. The van der Waals surface area contributed by atoms with Gasteiger partial charge in [0.2, 0.25) is 0 Å². The molecule has 110 valence electrons. The van der Waals surface area contributed by atoms with Gasteiger partial charge >= 0.3 is 51.4 Å². The Hall–Kier alpha value is 1.51. The minimum Gasteiger partial charge on any atom is -0.748 e. The van der Waals surface area contributed by atoms with Crippen LogP contribution in [0.5, 0.6) is 0 Å². The van der Waals surface area contributed by atoms with E-state index < -0.39 is 15.4 Å². The number of rotatable bonds is 12. The van der Waals surface area contributed by atoms with E-state index in [-0.39, 0.29) is 64.4 Å². The predicted octanol–water partition coefficient (Wildman–Crippen LogP) is -0.183. The molecular weight excluding hydrogens is 291 g/mol. The molecule has 6 heteroatoms. The SMILES string of the molecule is CCCCCCCCCCC(CCO)S(=O)(=O)[O-].[K+]. The minimum atomic E-state index is -4.24. The van der Waals surface area contributed by atoms with E-state index in [4.69, 9.17) is 5.11 Å². The molecule has 4 nitrogen and oxygen atoms in total. The fraction of sp³-hybridized carbons (Fsp3) is 1.00. The average molecular weight is 319 g/mol. The maximum atomic E-state index is 10.9. The van der Waals surface area contributed by atoms with Crippen molar-refractivity contribution in [3.05, 3.63) is 0 Å². The summed E-state index contributed by atoms with van der Waals surface area (Å²) >= 11 is 0. The molecule has 0 aliphatic rings. The maximum absolute atomic E-state index is 10.9. The molecule has 0 heterocycles. The minimum absolute atomic E-state index is 0. The predicted molar refractivity (Wildman–Crippen MR) is 72.4 cm³/mol. The number of hydrogen-bond acceptors (Lipinski definition) is 4. The zero-order valence-corrected chi connectivity index (χ0v) is 16.4. The molecular formula is C13H27KO4S. The van der Waals surface area contributed by atoms with Gasteiger partial charge in [-0.2, -0.15) is 0 Å². The summed E-state index contributed by atoms with van der Waals surface area (Å²) in [6.45, 7) is 1.95. The summed E-state index contributed by atoms with van der Waals surface area (Å²) in [5.41, 5.74) is 0. The van der Waals surface area contributed by atoms with Crippen molar-refractivity contribution in [3.63, 3.8) is 0 Å².